The van der Waals surface area contributed by atoms with E-state index in [-0.39, 0.29) is 5.56 Å². The zero-order chi connectivity index (χ0) is 15.4. The van der Waals surface area contributed by atoms with Gasteiger partial charge >= 0.3 is 5.97 Å². The van der Waals surface area contributed by atoms with E-state index < -0.39 is 5.97 Å². The highest BCUT2D eigenvalue weighted by molar-refractivity contribution is 5.88. The first kappa shape index (κ1) is 15.1. The van der Waals surface area contributed by atoms with Crippen LogP contribution in [0.25, 0.3) is 5.69 Å². The lowest BCUT2D eigenvalue weighted by Crippen LogP contribution is -2.10. The van der Waals surface area contributed by atoms with Crippen molar-refractivity contribution in [3.05, 3.63) is 41.7 Å². The molecule has 0 aliphatic heterocycles. The number of carboxylic acid groups (broad SMARTS) is 1. The molecule has 5 nitrogen and oxygen atoms in total. The van der Waals surface area contributed by atoms with Gasteiger partial charge in [0.05, 0.1) is 18.5 Å². The van der Waals surface area contributed by atoms with Crippen LogP contribution >= 0.6 is 0 Å². The average molecular weight is 288 g/mol. The molecule has 0 fully saturated rings. The molecule has 1 aromatic carbocycles. The Morgan fingerprint density at radius 3 is 2.71 bits per heavy atom. The summed E-state index contributed by atoms with van der Waals surface area (Å²) in [7, 11) is 0. The van der Waals surface area contributed by atoms with Gasteiger partial charge in [-0.25, -0.2) is 9.48 Å². The van der Waals surface area contributed by atoms with Gasteiger partial charge in [0.25, 0.3) is 0 Å². The Kier molecular flexibility index (Phi) is 4.62. The first-order chi connectivity index (χ1) is 10.0. The maximum atomic E-state index is 11.4. The molecule has 1 aromatic heterocycles. The minimum atomic E-state index is -0.953. The maximum absolute atomic E-state index is 11.4. The number of rotatable bonds is 6. The lowest BCUT2D eigenvalue weighted by atomic mass is 10.0. The highest BCUT2D eigenvalue weighted by Crippen LogP contribution is 2.26. The molecule has 2 rings (SSSR count). The van der Waals surface area contributed by atoms with Gasteiger partial charge < -0.3 is 9.84 Å². The molecule has 112 valence electrons. The molecule has 0 radical (unpaired) electrons. The molecule has 0 amide bonds. The minimum absolute atomic E-state index is 0.245. The molecule has 0 saturated heterocycles. The topological polar surface area (TPSA) is 64.4 Å². The largest absolute Gasteiger partial charge is 0.492 e. The van der Waals surface area contributed by atoms with Crippen LogP contribution in [-0.2, 0) is 6.42 Å². The summed E-state index contributed by atoms with van der Waals surface area (Å²) in [5, 5.41) is 13.6. The zero-order valence-corrected chi connectivity index (χ0v) is 12.5. The summed E-state index contributed by atoms with van der Waals surface area (Å²) in [4.78, 5) is 11.4. The molecule has 1 heterocycles. The number of benzene rings is 1. The van der Waals surface area contributed by atoms with Gasteiger partial charge in [-0.05, 0) is 31.4 Å². The second-order valence-corrected chi connectivity index (χ2v) is 5.22. The summed E-state index contributed by atoms with van der Waals surface area (Å²) >= 11 is 0. The number of hydrogen-bond acceptors (Lipinski definition) is 3. The Bertz CT molecular complexity index is 632. The summed E-state index contributed by atoms with van der Waals surface area (Å²) in [6, 6.07) is 7.52. The van der Waals surface area contributed by atoms with Crippen LogP contribution in [0.15, 0.2) is 30.5 Å². The Hall–Kier alpha value is -2.30. The van der Waals surface area contributed by atoms with E-state index in [0.29, 0.717) is 30.4 Å². The first-order valence-electron chi connectivity index (χ1n) is 7.07. The van der Waals surface area contributed by atoms with E-state index in [1.165, 1.54) is 6.20 Å². The van der Waals surface area contributed by atoms with Crippen molar-refractivity contribution in [1.82, 2.24) is 9.78 Å². The molecule has 0 saturated carbocycles. The number of nitrogens with zero attached hydrogens (tertiary/aromatic N) is 2. The van der Waals surface area contributed by atoms with Crippen LogP contribution < -0.4 is 4.74 Å². The third-order valence-corrected chi connectivity index (χ3v) is 3.09. The lowest BCUT2D eigenvalue weighted by Gasteiger charge is -2.14. The predicted octanol–water partition coefficient (Wildman–Crippen LogP) is 3.17. The number of carbonyl (C=O) groups is 1. The maximum Gasteiger partial charge on any atom is 0.339 e. The van der Waals surface area contributed by atoms with E-state index in [2.05, 4.69) is 18.9 Å². The highest BCUT2D eigenvalue weighted by Gasteiger charge is 2.20. The lowest BCUT2D eigenvalue weighted by molar-refractivity contribution is 0.0695. The summed E-state index contributed by atoms with van der Waals surface area (Å²) in [5.74, 6) is 0.0774. The van der Waals surface area contributed by atoms with Crippen LogP contribution in [0.5, 0.6) is 5.75 Å². The normalized spacial score (nSPS) is 10.9. The molecular weight excluding hydrogens is 268 g/mol. The standard InChI is InChI=1S/C16H20N2O3/c1-4-21-15-8-6-5-7-13(15)18-14(9-11(2)3)12(10-17-18)16(19)20/h5-8,10-11H,4,9H2,1-3H3,(H,19,20). The number of carboxylic acids is 1. The molecule has 0 bridgehead atoms. The SMILES string of the molecule is CCOc1ccccc1-n1ncc(C(=O)O)c1CC(C)C. The van der Waals surface area contributed by atoms with Crippen molar-refractivity contribution in [2.24, 2.45) is 5.92 Å². The van der Waals surface area contributed by atoms with Crippen molar-refractivity contribution in [1.29, 1.82) is 0 Å². The van der Waals surface area contributed by atoms with Gasteiger partial charge in [0.1, 0.15) is 17.0 Å². The fraction of sp³-hybridized carbons (Fsp3) is 0.375. The van der Waals surface area contributed by atoms with Gasteiger partial charge in [-0.1, -0.05) is 26.0 Å². The molecule has 21 heavy (non-hydrogen) atoms. The van der Waals surface area contributed by atoms with Crippen LogP contribution in [0, 0.1) is 5.92 Å². The summed E-state index contributed by atoms with van der Waals surface area (Å²) in [6.45, 7) is 6.57. The Balaban J connectivity index is 2.56. The van der Waals surface area contributed by atoms with Gasteiger partial charge in [-0.15, -0.1) is 0 Å². The van der Waals surface area contributed by atoms with Gasteiger partial charge in [0.15, 0.2) is 0 Å². The zero-order valence-electron chi connectivity index (χ0n) is 12.5. The molecule has 1 N–H and O–H groups in total. The number of para-hydroxylation sites is 2. The van der Waals surface area contributed by atoms with Crippen molar-refractivity contribution in [3.8, 4) is 11.4 Å². The molecule has 0 aliphatic rings. The molecule has 2 aromatic rings. The van der Waals surface area contributed by atoms with Gasteiger partial charge in [-0.2, -0.15) is 5.10 Å². The molecule has 0 aliphatic carbocycles. The van der Waals surface area contributed by atoms with Crippen LogP contribution in [0.4, 0.5) is 0 Å². The first-order valence-corrected chi connectivity index (χ1v) is 7.07. The summed E-state index contributed by atoms with van der Waals surface area (Å²) in [5.41, 5.74) is 1.71. The van der Waals surface area contributed by atoms with E-state index in [9.17, 15) is 9.90 Å². The van der Waals surface area contributed by atoms with Gasteiger partial charge in [-0.3, -0.25) is 0 Å². The van der Waals surface area contributed by atoms with E-state index in [1.807, 2.05) is 31.2 Å². The highest BCUT2D eigenvalue weighted by atomic mass is 16.5. The van der Waals surface area contributed by atoms with Crippen LogP contribution in [0.1, 0.15) is 36.8 Å². The van der Waals surface area contributed by atoms with Crippen LogP contribution in [0.3, 0.4) is 0 Å². The van der Waals surface area contributed by atoms with Crippen molar-refractivity contribution in [2.75, 3.05) is 6.61 Å². The van der Waals surface area contributed by atoms with Crippen molar-refractivity contribution >= 4 is 5.97 Å². The third-order valence-electron chi connectivity index (χ3n) is 3.09. The second kappa shape index (κ2) is 6.43. The quantitative estimate of drug-likeness (QED) is 0.886. The van der Waals surface area contributed by atoms with Crippen molar-refractivity contribution < 1.29 is 14.6 Å². The number of aromatic carboxylic acids is 1. The minimum Gasteiger partial charge on any atom is -0.492 e. The van der Waals surface area contributed by atoms with Gasteiger partial charge in [0, 0.05) is 0 Å². The molecule has 0 spiro atoms. The van der Waals surface area contributed by atoms with E-state index >= 15 is 0 Å². The van der Waals surface area contributed by atoms with E-state index in [0.717, 1.165) is 5.69 Å². The monoisotopic (exact) mass is 288 g/mol. The second-order valence-electron chi connectivity index (χ2n) is 5.22. The van der Waals surface area contributed by atoms with Crippen molar-refractivity contribution in [3.63, 3.8) is 0 Å². The Morgan fingerprint density at radius 1 is 1.38 bits per heavy atom. The fourth-order valence-electron chi connectivity index (χ4n) is 2.25. The number of hydrogen-bond donors (Lipinski definition) is 1. The smallest absolute Gasteiger partial charge is 0.339 e. The number of ether oxygens (including phenoxy) is 1. The summed E-state index contributed by atoms with van der Waals surface area (Å²) < 4.78 is 7.29. The fourth-order valence-corrected chi connectivity index (χ4v) is 2.25. The Morgan fingerprint density at radius 2 is 2.10 bits per heavy atom. The average Bonchev–Trinajstić information content (AvgIpc) is 2.82. The number of aromatic nitrogens is 2. The molecule has 0 unspecified atom stereocenters. The van der Waals surface area contributed by atoms with Gasteiger partial charge in [0.2, 0.25) is 0 Å². The summed E-state index contributed by atoms with van der Waals surface area (Å²) in [6.07, 6.45) is 2.05. The van der Waals surface area contributed by atoms with Crippen LogP contribution in [0.2, 0.25) is 0 Å². The molecular formula is C16H20N2O3. The molecule has 0 atom stereocenters. The van der Waals surface area contributed by atoms with E-state index in [4.69, 9.17) is 4.74 Å². The van der Waals surface area contributed by atoms with Crippen molar-refractivity contribution in [2.45, 2.75) is 27.2 Å². The predicted molar refractivity (Wildman–Crippen MR) is 80.2 cm³/mol. The third kappa shape index (κ3) is 3.24. The molecule has 5 heteroatoms. The Labute approximate surface area is 124 Å². The van der Waals surface area contributed by atoms with Crippen LogP contribution in [-0.4, -0.2) is 27.5 Å². The van der Waals surface area contributed by atoms with E-state index in [1.54, 1.807) is 4.68 Å².